The number of nitrogens with two attached hydrogens (primary N) is 4. The normalized spacial score (nSPS) is 12.1. The molecule has 0 amide bonds. The number of carboxylic acid groups (broad SMARTS) is 3. The van der Waals surface area contributed by atoms with Gasteiger partial charge in [-0.2, -0.15) is 0 Å². The largest absolute Gasteiger partial charge is 0.480 e. The van der Waals surface area contributed by atoms with Crippen LogP contribution in [-0.4, -0.2) is 56.3 Å². The molecule has 0 radical (unpaired) electrons. The van der Waals surface area contributed by atoms with Crippen molar-refractivity contribution in [1.82, 2.24) is 0 Å². The zero-order valence-electron chi connectivity index (χ0n) is 15.7. The third-order valence-corrected chi connectivity index (χ3v) is 2.27. The molecule has 1 aromatic rings. The monoisotopic (exact) mass is 405 g/mol. The maximum absolute atomic E-state index is 10.1. The first-order valence-electron chi connectivity index (χ1n) is 7.58. The fourth-order valence-corrected chi connectivity index (χ4v) is 0.596. The highest BCUT2D eigenvalue weighted by molar-refractivity contribution is 5.73. The number of carboxylic acids is 3. The van der Waals surface area contributed by atoms with E-state index in [0.717, 1.165) is 0 Å². The number of hydrogen-bond donors (Lipinski definition) is 7. The third kappa shape index (κ3) is 20.8. The van der Waals surface area contributed by atoms with Gasteiger partial charge in [-0.1, -0.05) is 0 Å². The molecule has 0 aliphatic rings. The van der Waals surface area contributed by atoms with Crippen molar-refractivity contribution in [2.24, 2.45) is 17.2 Å². The van der Waals surface area contributed by atoms with E-state index in [1.807, 2.05) is 0 Å². The second kappa shape index (κ2) is 15.9. The van der Waals surface area contributed by atoms with Crippen molar-refractivity contribution in [3.8, 4) is 0 Å². The zero-order valence-corrected chi connectivity index (χ0v) is 15.7. The lowest BCUT2D eigenvalue weighted by molar-refractivity contribution is -0.384. The van der Waals surface area contributed by atoms with E-state index >= 15 is 0 Å². The highest BCUT2D eigenvalue weighted by Crippen LogP contribution is 2.11. The molecule has 0 aromatic heterocycles. The van der Waals surface area contributed by atoms with Crippen LogP contribution in [0.25, 0.3) is 0 Å². The van der Waals surface area contributed by atoms with E-state index in [9.17, 15) is 24.5 Å². The lowest BCUT2D eigenvalue weighted by atomic mass is 10.3. The number of hydrogen-bond acceptors (Lipinski definition) is 9. The molecular formula is C15H27N5O8. The summed E-state index contributed by atoms with van der Waals surface area (Å²) in [6.45, 7) is 4.26. The number of nitro groups is 1. The molecule has 1 aromatic carbocycles. The quantitative estimate of drug-likeness (QED) is 0.189. The van der Waals surface area contributed by atoms with E-state index in [-0.39, 0.29) is 5.69 Å². The second-order valence-electron chi connectivity index (χ2n) is 5.23. The minimum atomic E-state index is -0.963. The molecule has 11 N–H and O–H groups in total. The lowest BCUT2D eigenvalue weighted by Gasteiger charge is -1.90. The predicted molar refractivity (Wildman–Crippen MR) is 101 cm³/mol. The van der Waals surface area contributed by atoms with E-state index in [2.05, 4.69) is 0 Å². The molecule has 0 aliphatic heterocycles. The van der Waals surface area contributed by atoms with Gasteiger partial charge in [0.1, 0.15) is 18.1 Å². The molecule has 1 rings (SSSR count). The highest BCUT2D eigenvalue weighted by Gasteiger charge is 2.01. The molecule has 0 aliphatic carbocycles. The first-order chi connectivity index (χ1) is 12.6. The molecule has 0 saturated heterocycles. The van der Waals surface area contributed by atoms with Crippen LogP contribution in [0.15, 0.2) is 24.3 Å². The second-order valence-corrected chi connectivity index (χ2v) is 5.23. The molecule has 0 heterocycles. The SMILES string of the molecule is C[C@H](N)C(=O)O.C[C@H](N)C(=O)O.C[C@H](N)C(=O)O.Nc1ccc([N+](=O)[O-])cc1. The van der Waals surface area contributed by atoms with E-state index < -0.39 is 41.0 Å². The summed E-state index contributed by atoms with van der Waals surface area (Å²) >= 11 is 0. The van der Waals surface area contributed by atoms with Crippen LogP contribution in [0, 0.1) is 10.1 Å². The fourth-order valence-electron chi connectivity index (χ4n) is 0.596. The van der Waals surface area contributed by atoms with E-state index in [4.69, 9.17) is 38.3 Å². The van der Waals surface area contributed by atoms with Crippen molar-refractivity contribution < 1.29 is 34.6 Å². The average molecular weight is 405 g/mol. The Morgan fingerprint density at radius 1 is 0.821 bits per heavy atom. The number of rotatable bonds is 4. The molecule has 0 bridgehead atoms. The number of nitrogens with zero attached hydrogens (tertiary/aromatic N) is 1. The molecule has 0 spiro atoms. The molecule has 0 fully saturated rings. The van der Waals surface area contributed by atoms with Gasteiger partial charge in [0.25, 0.3) is 5.69 Å². The number of aliphatic carboxylic acids is 3. The minimum absolute atomic E-state index is 0.0641. The lowest BCUT2D eigenvalue weighted by Crippen LogP contribution is -2.25. The van der Waals surface area contributed by atoms with Crippen LogP contribution in [0.1, 0.15) is 20.8 Å². The van der Waals surface area contributed by atoms with Crippen LogP contribution in [-0.2, 0) is 14.4 Å². The van der Waals surface area contributed by atoms with Crippen LogP contribution >= 0.6 is 0 Å². The summed E-state index contributed by atoms with van der Waals surface area (Å²) in [5.41, 5.74) is 20.4. The average Bonchev–Trinajstić information content (AvgIpc) is 2.56. The Kier molecular flexibility index (Phi) is 16.8. The van der Waals surface area contributed by atoms with Crippen LogP contribution in [0.3, 0.4) is 0 Å². The number of anilines is 1. The molecule has 13 nitrogen and oxygen atoms in total. The Morgan fingerprint density at radius 3 is 1.18 bits per heavy atom. The van der Waals surface area contributed by atoms with E-state index in [1.54, 1.807) is 0 Å². The summed E-state index contributed by atoms with van der Waals surface area (Å²) in [4.78, 5) is 38.3. The van der Waals surface area contributed by atoms with Gasteiger partial charge in [-0.3, -0.25) is 24.5 Å². The molecule has 3 atom stereocenters. The number of benzene rings is 1. The first-order valence-corrected chi connectivity index (χ1v) is 7.58. The van der Waals surface area contributed by atoms with Gasteiger partial charge in [0.05, 0.1) is 4.92 Å². The summed E-state index contributed by atoms with van der Waals surface area (Å²) in [7, 11) is 0. The van der Waals surface area contributed by atoms with Gasteiger partial charge in [-0.15, -0.1) is 0 Å². The van der Waals surface area contributed by atoms with Crippen molar-refractivity contribution in [1.29, 1.82) is 0 Å². The van der Waals surface area contributed by atoms with Crippen molar-refractivity contribution >= 4 is 29.3 Å². The Hall–Kier alpha value is -3.29. The van der Waals surface area contributed by atoms with Gasteiger partial charge >= 0.3 is 17.9 Å². The van der Waals surface area contributed by atoms with Crippen LogP contribution < -0.4 is 22.9 Å². The Morgan fingerprint density at radius 2 is 1.04 bits per heavy atom. The topological polar surface area (TPSA) is 259 Å². The highest BCUT2D eigenvalue weighted by atomic mass is 16.6. The van der Waals surface area contributed by atoms with Crippen molar-refractivity contribution in [2.75, 3.05) is 5.73 Å². The predicted octanol–water partition coefficient (Wildman–Crippen LogP) is -0.568. The summed E-state index contributed by atoms with van der Waals surface area (Å²) in [5, 5.41) is 33.7. The van der Waals surface area contributed by atoms with Crippen molar-refractivity contribution in [3.63, 3.8) is 0 Å². The van der Waals surface area contributed by atoms with Gasteiger partial charge < -0.3 is 38.3 Å². The smallest absolute Gasteiger partial charge is 0.320 e. The zero-order chi connectivity index (χ0) is 23.0. The molecule has 13 heteroatoms. The first kappa shape index (κ1) is 29.5. The molecule has 0 saturated carbocycles. The number of nitrogen functional groups attached to an aromatic ring is 1. The summed E-state index contributed by atoms with van der Waals surface area (Å²) < 4.78 is 0. The van der Waals surface area contributed by atoms with Gasteiger partial charge in [-0.25, -0.2) is 0 Å². The maximum Gasteiger partial charge on any atom is 0.320 e. The summed E-state index contributed by atoms with van der Waals surface area (Å²) in [5.74, 6) is -2.89. The number of nitro benzene ring substituents is 1. The molecular weight excluding hydrogens is 378 g/mol. The molecule has 28 heavy (non-hydrogen) atoms. The number of carbonyl (C=O) groups is 3. The standard InChI is InChI=1S/C6H6N2O2.3C3H7NO2/c7-5-1-3-6(4-2-5)8(9)10;3*1-2(4)3(5)6/h1-4H,7H2;3*2H,4H2,1H3,(H,5,6)/t;3*2-/m.000/s1. The van der Waals surface area contributed by atoms with Gasteiger partial charge in [0.2, 0.25) is 0 Å². The number of non-ortho nitro benzene ring substituents is 1. The van der Waals surface area contributed by atoms with Crippen LogP contribution in [0.2, 0.25) is 0 Å². The third-order valence-electron chi connectivity index (χ3n) is 2.27. The fraction of sp³-hybridized carbons (Fsp3) is 0.400. The van der Waals surface area contributed by atoms with Crippen molar-refractivity contribution in [3.05, 3.63) is 34.4 Å². The van der Waals surface area contributed by atoms with Crippen molar-refractivity contribution in [2.45, 2.75) is 38.9 Å². The van der Waals surface area contributed by atoms with E-state index in [1.165, 1.54) is 45.0 Å². The van der Waals surface area contributed by atoms with Gasteiger partial charge in [0, 0.05) is 17.8 Å². The summed E-state index contributed by atoms with van der Waals surface area (Å²) in [6.07, 6.45) is 0. The van der Waals surface area contributed by atoms with E-state index in [0.29, 0.717) is 5.69 Å². The van der Waals surface area contributed by atoms with Crippen LogP contribution in [0.5, 0.6) is 0 Å². The maximum atomic E-state index is 10.1. The molecule has 0 unspecified atom stereocenters. The molecule has 160 valence electrons. The Bertz CT molecular complexity index is 575. The van der Waals surface area contributed by atoms with Crippen LogP contribution in [0.4, 0.5) is 11.4 Å². The van der Waals surface area contributed by atoms with Gasteiger partial charge in [0.15, 0.2) is 0 Å². The summed E-state index contributed by atoms with van der Waals surface area (Å²) in [6, 6.07) is 3.54. The van der Waals surface area contributed by atoms with Gasteiger partial charge in [-0.05, 0) is 32.9 Å². The minimum Gasteiger partial charge on any atom is -0.480 e. The Labute approximate surface area is 161 Å². The Balaban J connectivity index is -0.000000309.